The van der Waals surface area contributed by atoms with Gasteiger partial charge in [-0.3, -0.25) is 4.79 Å². The van der Waals surface area contributed by atoms with Crippen molar-refractivity contribution in [3.05, 3.63) is 0 Å². The first-order valence-corrected chi connectivity index (χ1v) is 5.80. The zero-order chi connectivity index (χ0) is 11.9. The molecule has 15 heavy (non-hydrogen) atoms. The third-order valence-electron chi connectivity index (χ3n) is 2.95. The molecule has 0 amide bonds. The second kappa shape index (κ2) is 3.80. The second-order valence-corrected chi connectivity index (χ2v) is 6.98. The maximum absolute atomic E-state index is 11.7. The van der Waals surface area contributed by atoms with Gasteiger partial charge >= 0.3 is 5.97 Å². The van der Waals surface area contributed by atoms with Gasteiger partial charge in [-0.2, -0.15) is 0 Å². The van der Waals surface area contributed by atoms with Crippen molar-refractivity contribution < 1.29 is 9.53 Å². The summed E-state index contributed by atoms with van der Waals surface area (Å²) in [4.78, 5) is 11.7. The molecule has 0 bridgehead atoms. The van der Waals surface area contributed by atoms with Gasteiger partial charge in [0.2, 0.25) is 0 Å². The van der Waals surface area contributed by atoms with Crippen LogP contribution in [0.15, 0.2) is 0 Å². The van der Waals surface area contributed by atoms with E-state index < -0.39 is 0 Å². The SMILES string of the molecule is CC(C)(C)CC1CC(C(C)(C)C)C(=O)O1. The first kappa shape index (κ1) is 12.5. The van der Waals surface area contributed by atoms with Gasteiger partial charge in [0.1, 0.15) is 6.10 Å². The van der Waals surface area contributed by atoms with Crippen LogP contribution in [-0.2, 0) is 9.53 Å². The first-order chi connectivity index (χ1) is 6.59. The highest BCUT2D eigenvalue weighted by molar-refractivity contribution is 5.75. The fourth-order valence-corrected chi connectivity index (χ4v) is 2.17. The predicted molar refractivity (Wildman–Crippen MR) is 61.5 cm³/mol. The lowest BCUT2D eigenvalue weighted by Gasteiger charge is -2.24. The lowest BCUT2D eigenvalue weighted by atomic mass is 9.77. The minimum Gasteiger partial charge on any atom is -0.462 e. The molecular formula is C13H24O2. The summed E-state index contributed by atoms with van der Waals surface area (Å²) >= 11 is 0. The van der Waals surface area contributed by atoms with Gasteiger partial charge in [0.25, 0.3) is 0 Å². The van der Waals surface area contributed by atoms with Crippen molar-refractivity contribution in [3.63, 3.8) is 0 Å². The Labute approximate surface area is 93.4 Å². The van der Waals surface area contributed by atoms with Gasteiger partial charge in [0.15, 0.2) is 0 Å². The second-order valence-electron chi connectivity index (χ2n) is 6.98. The van der Waals surface area contributed by atoms with E-state index in [0.717, 1.165) is 12.8 Å². The van der Waals surface area contributed by atoms with Gasteiger partial charge in [-0.25, -0.2) is 0 Å². The Morgan fingerprint density at radius 2 is 1.73 bits per heavy atom. The van der Waals surface area contributed by atoms with Crippen LogP contribution in [-0.4, -0.2) is 12.1 Å². The molecule has 1 heterocycles. The standard InChI is InChI=1S/C13H24O2/c1-12(2,3)8-9-7-10(11(14)15-9)13(4,5)6/h9-10H,7-8H2,1-6H3. The maximum atomic E-state index is 11.7. The summed E-state index contributed by atoms with van der Waals surface area (Å²) in [6.45, 7) is 12.9. The van der Waals surface area contributed by atoms with Crippen LogP contribution in [0.3, 0.4) is 0 Å². The highest BCUT2D eigenvalue weighted by Gasteiger charge is 2.42. The number of cyclic esters (lactones) is 1. The highest BCUT2D eigenvalue weighted by atomic mass is 16.6. The molecule has 0 radical (unpaired) electrons. The molecule has 0 aromatic carbocycles. The molecule has 0 aliphatic carbocycles. The van der Waals surface area contributed by atoms with E-state index in [1.54, 1.807) is 0 Å². The van der Waals surface area contributed by atoms with Gasteiger partial charge < -0.3 is 4.74 Å². The van der Waals surface area contributed by atoms with Crippen molar-refractivity contribution in [2.24, 2.45) is 16.7 Å². The van der Waals surface area contributed by atoms with Crippen molar-refractivity contribution in [2.45, 2.75) is 60.5 Å². The van der Waals surface area contributed by atoms with Gasteiger partial charge in [-0.05, 0) is 23.7 Å². The molecule has 2 nitrogen and oxygen atoms in total. The summed E-state index contributed by atoms with van der Waals surface area (Å²) in [5.74, 6) is 0.0709. The van der Waals surface area contributed by atoms with E-state index in [4.69, 9.17) is 4.74 Å². The number of hydrogen-bond donors (Lipinski definition) is 0. The molecular weight excluding hydrogens is 188 g/mol. The van der Waals surface area contributed by atoms with Crippen molar-refractivity contribution >= 4 is 5.97 Å². The number of rotatable bonds is 1. The van der Waals surface area contributed by atoms with Gasteiger partial charge in [-0.1, -0.05) is 41.5 Å². The average molecular weight is 212 g/mol. The normalized spacial score (nSPS) is 28.0. The monoisotopic (exact) mass is 212 g/mol. The number of carbonyl (C=O) groups excluding carboxylic acids is 1. The lowest BCUT2D eigenvalue weighted by molar-refractivity contribution is -0.147. The van der Waals surface area contributed by atoms with Gasteiger partial charge in [0.05, 0.1) is 5.92 Å². The van der Waals surface area contributed by atoms with E-state index in [9.17, 15) is 4.79 Å². The minimum atomic E-state index is -0.00301. The quantitative estimate of drug-likeness (QED) is 0.623. The summed E-state index contributed by atoms with van der Waals surface area (Å²) in [5.41, 5.74) is 0.265. The lowest BCUT2D eigenvalue weighted by Crippen LogP contribution is -2.24. The highest BCUT2D eigenvalue weighted by Crippen LogP contribution is 2.39. The Balaban J connectivity index is 2.61. The summed E-state index contributed by atoms with van der Waals surface area (Å²) < 4.78 is 5.44. The Kier molecular flexibility index (Phi) is 3.18. The van der Waals surface area contributed by atoms with Crippen LogP contribution in [0.1, 0.15) is 54.4 Å². The van der Waals surface area contributed by atoms with Crippen LogP contribution < -0.4 is 0 Å². The van der Waals surface area contributed by atoms with Gasteiger partial charge in [0, 0.05) is 0 Å². The van der Waals surface area contributed by atoms with Crippen molar-refractivity contribution in [1.29, 1.82) is 0 Å². The van der Waals surface area contributed by atoms with E-state index in [2.05, 4.69) is 41.5 Å². The molecule has 1 saturated heterocycles. The largest absolute Gasteiger partial charge is 0.462 e. The van der Waals surface area contributed by atoms with Crippen molar-refractivity contribution in [1.82, 2.24) is 0 Å². The Morgan fingerprint density at radius 3 is 2.07 bits per heavy atom. The van der Waals surface area contributed by atoms with E-state index in [-0.39, 0.29) is 28.8 Å². The fourth-order valence-electron chi connectivity index (χ4n) is 2.17. The molecule has 0 aromatic heterocycles. The number of esters is 1. The fraction of sp³-hybridized carbons (Fsp3) is 0.923. The van der Waals surface area contributed by atoms with Crippen LogP contribution in [0.25, 0.3) is 0 Å². The predicted octanol–water partition coefficient (Wildman–Crippen LogP) is 3.40. The number of carbonyl (C=O) groups is 1. The average Bonchev–Trinajstić information content (AvgIpc) is 2.25. The summed E-state index contributed by atoms with van der Waals surface area (Å²) in [6, 6.07) is 0. The molecule has 0 N–H and O–H groups in total. The Hall–Kier alpha value is -0.530. The molecule has 2 unspecified atom stereocenters. The zero-order valence-corrected chi connectivity index (χ0v) is 10.9. The van der Waals surface area contributed by atoms with Crippen molar-refractivity contribution in [2.75, 3.05) is 0 Å². The molecule has 0 spiro atoms. The molecule has 88 valence electrons. The topological polar surface area (TPSA) is 26.3 Å². The van der Waals surface area contributed by atoms with Crippen molar-refractivity contribution in [3.8, 4) is 0 Å². The Bertz CT molecular complexity index is 242. The number of hydrogen-bond acceptors (Lipinski definition) is 2. The molecule has 1 aliphatic rings. The zero-order valence-electron chi connectivity index (χ0n) is 10.9. The van der Waals surface area contributed by atoms with Crippen LogP contribution in [0.2, 0.25) is 0 Å². The molecule has 0 aromatic rings. The molecule has 1 aliphatic heterocycles. The Morgan fingerprint density at radius 1 is 1.20 bits per heavy atom. The van der Waals surface area contributed by atoms with Crippen LogP contribution in [0.5, 0.6) is 0 Å². The summed E-state index contributed by atoms with van der Waals surface area (Å²) in [6.07, 6.45) is 1.98. The summed E-state index contributed by atoms with van der Waals surface area (Å²) in [7, 11) is 0. The molecule has 2 atom stereocenters. The van der Waals surface area contributed by atoms with E-state index in [1.165, 1.54) is 0 Å². The van der Waals surface area contributed by atoms with E-state index >= 15 is 0 Å². The molecule has 0 saturated carbocycles. The molecule has 1 rings (SSSR count). The molecule has 1 fully saturated rings. The van der Waals surface area contributed by atoms with Crippen LogP contribution in [0.4, 0.5) is 0 Å². The molecule has 2 heteroatoms. The summed E-state index contributed by atoms with van der Waals surface area (Å²) in [5, 5.41) is 0. The van der Waals surface area contributed by atoms with Crippen LogP contribution >= 0.6 is 0 Å². The first-order valence-electron chi connectivity index (χ1n) is 5.80. The van der Waals surface area contributed by atoms with Crippen LogP contribution in [0, 0.1) is 16.7 Å². The van der Waals surface area contributed by atoms with E-state index in [1.807, 2.05) is 0 Å². The minimum absolute atomic E-state index is 0.00301. The number of ether oxygens (including phenoxy) is 1. The smallest absolute Gasteiger partial charge is 0.309 e. The maximum Gasteiger partial charge on any atom is 0.309 e. The van der Waals surface area contributed by atoms with Gasteiger partial charge in [-0.15, -0.1) is 0 Å². The third kappa shape index (κ3) is 3.51. The third-order valence-corrected chi connectivity index (χ3v) is 2.95. The van der Waals surface area contributed by atoms with E-state index in [0.29, 0.717) is 0 Å².